The summed E-state index contributed by atoms with van der Waals surface area (Å²) in [4.78, 5) is 0. The van der Waals surface area contributed by atoms with E-state index in [4.69, 9.17) is 4.74 Å². The number of rotatable bonds is 4. The highest BCUT2D eigenvalue weighted by atomic mass is 16.5. The molecule has 2 heteroatoms. The average Bonchev–Trinajstić information content (AvgIpc) is 2.18. The summed E-state index contributed by atoms with van der Waals surface area (Å²) in [5.74, 6) is 0.943. The molecule has 0 aliphatic rings. The third kappa shape index (κ3) is 3.92. The van der Waals surface area contributed by atoms with Gasteiger partial charge in [-0.25, -0.2) is 0 Å². The molecule has 2 nitrogen and oxygen atoms in total. The van der Waals surface area contributed by atoms with Gasteiger partial charge in [-0.15, -0.1) is 0 Å². The van der Waals surface area contributed by atoms with Gasteiger partial charge in [-0.1, -0.05) is 32.9 Å². The van der Waals surface area contributed by atoms with Crippen LogP contribution in [0.4, 0.5) is 0 Å². The summed E-state index contributed by atoms with van der Waals surface area (Å²) in [5, 5.41) is 3.05. The van der Waals surface area contributed by atoms with Gasteiger partial charge < -0.3 is 10.1 Å². The van der Waals surface area contributed by atoms with Crippen LogP contribution in [0, 0.1) is 0 Å². The van der Waals surface area contributed by atoms with E-state index < -0.39 is 0 Å². The second-order valence-corrected chi connectivity index (χ2v) is 4.73. The van der Waals surface area contributed by atoms with Gasteiger partial charge in [0, 0.05) is 6.54 Å². The van der Waals surface area contributed by atoms with E-state index in [9.17, 15) is 0 Å². The number of likely N-dealkylation sites (N-methyl/N-ethyl adjacent to an activating group) is 1. The Balaban J connectivity index is 2.57. The summed E-state index contributed by atoms with van der Waals surface area (Å²) < 4.78 is 5.55. The van der Waals surface area contributed by atoms with Crippen LogP contribution in [-0.4, -0.2) is 20.2 Å². The molecule has 0 fully saturated rings. The minimum Gasteiger partial charge on any atom is -0.492 e. The first-order chi connectivity index (χ1) is 7.04. The van der Waals surface area contributed by atoms with E-state index in [1.165, 1.54) is 5.56 Å². The smallest absolute Gasteiger partial charge is 0.119 e. The fraction of sp³-hybridized carbons (Fsp3) is 0.538. The first-order valence-electron chi connectivity index (χ1n) is 5.42. The number of ether oxygens (including phenoxy) is 1. The van der Waals surface area contributed by atoms with Crippen molar-refractivity contribution in [1.29, 1.82) is 0 Å². The van der Waals surface area contributed by atoms with Gasteiger partial charge in [0.25, 0.3) is 0 Å². The second kappa shape index (κ2) is 5.17. The molecule has 0 spiro atoms. The van der Waals surface area contributed by atoms with Crippen LogP contribution in [-0.2, 0) is 5.41 Å². The molecule has 0 atom stereocenters. The molecule has 0 amide bonds. The topological polar surface area (TPSA) is 21.3 Å². The van der Waals surface area contributed by atoms with Gasteiger partial charge in [0.1, 0.15) is 12.4 Å². The van der Waals surface area contributed by atoms with Gasteiger partial charge in [0.15, 0.2) is 0 Å². The zero-order valence-electron chi connectivity index (χ0n) is 10.1. The van der Waals surface area contributed by atoms with E-state index in [0.29, 0.717) is 6.61 Å². The molecule has 1 N–H and O–H groups in total. The monoisotopic (exact) mass is 207 g/mol. The van der Waals surface area contributed by atoms with E-state index in [0.717, 1.165) is 12.3 Å². The van der Waals surface area contributed by atoms with Gasteiger partial charge in [0.2, 0.25) is 0 Å². The van der Waals surface area contributed by atoms with Crippen LogP contribution in [0.1, 0.15) is 26.3 Å². The minimum absolute atomic E-state index is 0.212. The van der Waals surface area contributed by atoms with Crippen molar-refractivity contribution in [3.63, 3.8) is 0 Å². The maximum atomic E-state index is 5.55. The van der Waals surface area contributed by atoms with E-state index in [-0.39, 0.29) is 5.41 Å². The molecular weight excluding hydrogens is 186 g/mol. The molecule has 15 heavy (non-hydrogen) atoms. The maximum Gasteiger partial charge on any atom is 0.119 e. The number of hydrogen-bond donors (Lipinski definition) is 1. The summed E-state index contributed by atoms with van der Waals surface area (Å²) in [6, 6.07) is 8.34. The normalized spacial score (nSPS) is 11.5. The van der Waals surface area contributed by atoms with Crippen molar-refractivity contribution in [3.8, 4) is 5.75 Å². The molecule has 1 aromatic rings. The van der Waals surface area contributed by atoms with Crippen molar-refractivity contribution in [1.82, 2.24) is 5.32 Å². The number of nitrogens with one attached hydrogen (secondary N) is 1. The van der Waals surface area contributed by atoms with Crippen molar-refractivity contribution in [2.75, 3.05) is 20.2 Å². The molecule has 0 bridgehead atoms. The molecule has 0 radical (unpaired) electrons. The maximum absolute atomic E-state index is 5.55. The number of benzene rings is 1. The Morgan fingerprint density at radius 3 is 2.20 bits per heavy atom. The van der Waals surface area contributed by atoms with E-state index >= 15 is 0 Å². The highest BCUT2D eigenvalue weighted by molar-refractivity contribution is 5.31. The van der Waals surface area contributed by atoms with E-state index in [2.05, 4.69) is 38.2 Å². The lowest BCUT2D eigenvalue weighted by molar-refractivity contribution is 0.318. The van der Waals surface area contributed by atoms with Crippen molar-refractivity contribution in [2.45, 2.75) is 26.2 Å². The molecule has 0 unspecified atom stereocenters. The first kappa shape index (κ1) is 12.1. The zero-order valence-corrected chi connectivity index (χ0v) is 10.1. The Morgan fingerprint density at radius 1 is 1.13 bits per heavy atom. The third-order valence-electron chi connectivity index (χ3n) is 2.34. The fourth-order valence-corrected chi connectivity index (χ4v) is 1.32. The lowest BCUT2D eigenvalue weighted by Gasteiger charge is -2.19. The van der Waals surface area contributed by atoms with Crippen molar-refractivity contribution in [3.05, 3.63) is 29.8 Å². The molecule has 0 aliphatic heterocycles. The van der Waals surface area contributed by atoms with Crippen LogP contribution < -0.4 is 10.1 Å². The molecule has 0 aromatic heterocycles. The SMILES string of the molecule is CNCCOc1ccc(C(C)(C)C)cc1. The second-order valence-electron chi connectivity index (χ2n) is 4.73. The first-order valence-corrected chi connectivity index (χ1v) is 5.42. The molecule has 0 saturated carbocycles. The van der Waals surface area contributed by atoms with Gasteiger partial charge in [0.05, 0.1) is 0 Å². The minimum atomic E-state index is 0.212. The lowest BCUT2D eigenvalue weighted by atomic mass is 9.87. The summed E-state index contributed by atoms with van der Waals surface area (Å²) in [6.45, 7) is 8.23. The van der Waals surface area contributed by atoms with Crippen LogP contribution in [0.15, 0.2) is 24.3 Å². The molecule has 1 aromatic carbocycles. The molecule has 84 valence electrons. The van der Waals surface area contributed by atoms with Gasteiger partial charge in [-0.2, -0.15) is 0 Å². The molecular formula is C13H21NO. The van der Waals surface area contributed by atoms with Crippen LogP contribution in [0.5, 0.6) is 5.75 Å². The Kier molecular flexibility index (Phi) is 4.15. The van der Waals surface area contributed by atoms with Gasteiger partial charge in [-0.05, 0) is 30.2 Å². The summed E-state index contributed by atoms with van der Waals surface area (Å²) in [7, 11) is 1.92. The van der Waals surface area contributed by atoms with Crippen molar-refractivity contribution >= 4 is 0 Å². The van der Waals surface area contributed by atoms with Crippen molar-refractivity contribution < 1.29 is 4.74 Å². The Hall–Kier alpha value is -1.02. The highest BCUT2D eigenvalue weighted by Gasteiger charge is 2.12. The van der Waals surface area contributed by atoms with Crippen LogP contribution in [0.2, 0.25) is 0 Å². The number of hydrogen-bond acceptors (Lipinski definition) is 2. The van der Waals surface area contributed by atoms with Gasteiger partial charge >= 0.3 is 0 Å². The standard InChI is InChI=1S/C13H21NO/c1-13(2,3)11-5-7-12(8-6-11)15-10-9-14-4/h5-8,14H,9-10H2,1-4H3. The van der Waals surface area contributed by atoms with Crippen LogP contribution >= 0.6 is 0 Å². The third-order valence-corrected chi connectivity index (χ3v) is 2.34. The average molecular weight is 207 g/mol. The van der Waals surface area contributed by atoms with Gasteiger partial charge in [-0.3, -0.25) is 0 Å². The van der Waals surface area contributed by atoms with Crippen LogP contribution in [0.25, 0.3) is 0 Å². The Bertz CT molecular complexity index is 284. The van der Waals surface area contributed by atoms with E-state index in [1.54, 1.807) is 0 Å². The quantitative estimate of drug-likeness (QED) is 0.766. The largest absolute Gasteiger partial charge is 0.492 e. The fourth-order valence-electron chi connectivity index (χ4n) is 1.32. The predicted octanol–water partition coefficient (Wildman–Crippen LogP) is 2.58. The summed E-state index contributed by atoms with van der Waals surface area (Å²) in [5.41, 5.74) is 1.55. The summed E-state index contributed by atoms with van der Waals surface area (Å²) >= 11 is 0. The highest BCUT2D eigenvalue weighted by Crippen LogP contribution is 2.24. The molecule has 0 heterocycles. The molecule has 0 saturated heterocycles. The van der Waals surface area contributed by atoms with Crippen LogP contribution in [0.3, 0.4) is 0 Å². The van der Waals surface area contributed by atoms with Crippen molar-refractivity contribution in [2.24, 2.45) is 0 Å². The molecule has 1 rings (SSSR count). The molecule has 0 aliphatic carbocycles. The Morgan fingerprint density at radius 2 is 1.73 bits per heavy atom. The zero-order chi connectivity index (χ0) is 11.3. The summed E-state index contributed by atoms with van der Waals surface area (Å²) in [6.07, 6.45) is 0. The lowest BCUT2D eigenvalue weighted by Crippen LogP contribution is -2.16. The van der Waals surface area contributed by atoms with E-state index in [1.807, 2.05) is 19.2 Å². The predicted molar refractivity (Wildman–Crippen MR) is 64.6 cm³/mol. The Labute approximate surface area is 92.6 Å².